The van der Waals surface area contributed by atoms with Gasteiger partial charge in [-0.2, -0.15) is 0 Å². The predicted molar refractivity (Wildman–Crippen MR) is 71.0 cm³/mol. The number of benzene rings is 1. The summed E-state index contributed by atoms with van der Waals surface area (Å²) in [7, 11) is 0. The summed E-state index contributed by atoms with van der Waals surface area (Å²) >= 11 is 0. The highest BCUT2D eigenvalue weighted by molar-refractivity contribution is 5.79. The number of hydrogen-bond acceptors (Lipinski definition) is 2. The molecule has 90 valence electrons. The molecular weight excluding hydrogens is 210 g/mol. The molecule has 1 heterocycles. The van der Waals surface area contributed by atoms with E-state index in [2.05, 4.69) is 34.7 Å². The van der Waals surface area contributed by atoms with E-state index < -0.39 is 0 Å². The first kappa shape index (κ1) is 10.6. The molecule has 0 unspecified atom stereocenters. The monoisotopic (exact) mass is 229 g/mol. The molecule has 0 spiro atoms. The number of imidazole rings is 1. The molecule has 3 rings (SSSR count). The van der Waals surface area contributed by atoms with Gasteiger partial charge in [0.15, 0.2) is 0 Å². The Bertz CT molecular complexity index is 536. The Balaban J connectivity index is 2.11. The Morgan fingerprint density at radius 1 is 1.24 bits per heavy atom. The van der Waals surface area contributed by atoms with Crippen LogP contribution >= 0.6 is 0 Å². The maximum Gasteiger partial charge on any atom is 0.201 e. The Morgan fingerprint density at radius 3 is 2.76 bits per heavy atom. The van der Waals surface area contributed by atoms with Crippen molar-refractivity contribution in [3.63, 3.8) is 0 Å². The summed E-state index contributed by atoms with van der Waals surface area (Å²) in [6.07, 6.45) is 6.47. The standard InChI is InChI=1S/C14H19N3/c1-10-7-8-13-12(9-10)16-14(15)17(13)11-5-3-2-4-6-11/h7-9,11H,2-6H2,1H3,(H2,15,16). The molecule has 1 fully saturated rings. The Morgan fingerprint density at radius 2 is 2.00 bits per heavy atom. The van der Waals surface area contributed by atoms with Gasteiger partial charge in [-0.15, -0.1) is 0 Å². The normalized spacial score (nSPS) is 17.7. The third-order valence-corrected chi connectivity index (χ3v) is 3.81. The van der Waals surface area contributed by atoms with Crippen LogP contribution in [0, 0.1) is 6.92 Å². The summed E-state index contributed by atoms with van der Waals surface area (Å²) in [5.41, 5.74) is 9.56. The number of nitrogen functional groups attached to an aromatic ring is 1. The van der Waals surface area contributed by atoms with Crippen LogP contribution in [0.4, 0.5) is 5.95 Å². The van der Waals surface area contributed by atoms with E-state index in [9.17, 15) is 0 Å². The van der Waals surface area contributed by atoms with Crippen LogP contribution in [0.2, 0.25) is 0 Å². The van der Waals surface area contributed by atoms with Crippen molar-refractivity contribution in [2.24, 2.45) is 0 Å². The number of rotatable bonds is 1. The van der Waals surface area contributed by atoms with Gasteiger partial charge in [0.1, 0.15) is 0 Å². The second-order valence-electron chi connectivity index (χ2n) is 5.12. The lowest BCUT2D eigenvalue weighted by Crippen LogP contribution is -2.14. The van der Waals surface area contributed by atoms with Crippen LogP contribution < -0.4 is 5.73 Å². The third-order valence-electron chi connectivity index (χ3n) is 3.81. The fraction of sp³-hybridized carbons (Fsp3) is 0.500. The molecule has 3 nitrogen and oxygen atoms in total. The lowest BCUT2D eigenvalue weighted by atomic mass is 9.95. The van der Waals surface area contributed by atoms with Crippen molar-refractivity contribution >= 4 is 17.0 Å². The van der Waals surface area contributed by atoms with E-state index in [0.717, 1.165) is 5.52 Å². The minimum absolute atomic E-state index is 0.552. The van der Waals surface area contributed by atoms with Crippen molar-refractivity contribution < 1.29 is 0 Å². The highest BCUT2D eigenvalue weighted by Crippen LogP contribution is 2.33. The first-order valence-corrected chi connectivity index (χ1v) is 6.50. The Hall–Kier alpha value is -1.51. The summed E-state index contributed by atoms with van der Waals surface area (Å²) in [6, 6.07) is 6.97. The average Bonchev–Trinajstić information content (AvgIpc) is 2.65. The topological polar surface area (TPSA) is 43.8 Å². The predicted octanol–water partition coefficient (Wildman–Crippen LogP) is 3.43. The molecule has 2 N–H and O–H groups in total. The van der Waals surface area contributed by atoms with Gasteiger partial charge in [0.25, 0.3) is 0 Å². The van der Waals surface area contributed by atoms with Crippen LogP contribution in [-0.2, 0) is 0 Å². The Kier molecular flexibility index (Phi) is 2.54. The van der Waals surface area contributed by atoms with Crippen molar-refractivity contribution in [2.75, 3.05) is 5.73 Å². The molecule has 1 aliphatic rings. The van der Waals surface area contributed by atoms with Gasteiger partial charge >= 0.3 is 0 Å². The van der Waals surface area contributed by atoms with Gasteiger partial charge in [-0.1, -0.05) is 25.3 Å². The van der Waals surface area contributed by atoms with Crippen molar-refractivity contribution in [3.8, 4) is 0 Å². The number of nitrogens with two attached hydrogens (primary N) is 1. The molecule has 1 aliphatic carbocycles. The molecule has 0 amide bonds. The van der Waals surface area contributed by atoms with Gasteiger partial charge in [0, 0.05) is 6.04 Å². The molecule has 0 radical (unpaired) electrons. The van der Waals surface area contributed by atoms with E-state index in [1.807, 2.05) is 0 Å². The molecule has 1 aromatic heterocycles. The fourth-order valence-electron chi connectivity index (χ4n) is 2.95. The van der Waals surface area contributed by atoms with Gasteiger partial charge < -0.3 is 10.3 Å². The highest BCUT2D eigenvalue weighted by Gasteiger charge is 2.19. The number of fused-ring (bicyclic) bond motifs is 1. The fourth-order valence-corrected chi connectivity index (χ4v) is 2.95. The zero-order valence-electron chi connectivity index (χ0n) is 10.3. The second-order valence-corrected chi connectivity index (χ2v) is 5.12. The second kappa shape index (κ2) is 4.06. The molecule has 3 heteroatoms. The molecule has 1 saturated carbocycles. The maximum absolute atomic E-state index is 6.09. The minimum Gasteiger partial charge on any atom is -0.369 e. The van der Waals surface area contributed by atoms with Crippen LogP contribution in [0.3, 0.4) is 0 Å². The molecule has 0 saturated heterocycles. The number of aromatic nitrogens is 2. The molecule has 17 heavy (non-hydrogen) atoms. The lowest BCUT2D eigenvalue weighted by Gasteiger charge is -2.24. The smallest absolute Gasteiger partial charge is 0.201 e. The van der Waals surface area contributed by atoms with E-state index in [4.69, 9.17) is 5.73 Å². The van der Waals surface area contributed by atoms with E-state index in [1.54, 1.807) is 0 Å². The quantitative estimate of drug-likeness (QED) is 0.814. The highest BCUT2D eigenvalue weighted by atomic mass is 15.2. The first-order valence-electron chi connectivity index (χ1n) is 6.50. The van der Waals surface area contributed by atoms with E-state index in [1.165, 1.54) is 43.2 Å². The summed E-state index contributed by atoms with van der Waals surface area (Å²) in [6.45, 7) is 2.09. The van der Waals surface area contributed by atoms with Crippen LogP contribution in [0.5, 0.6) is 0 Å². The molecule has 1 aromatic carbocycles. The van der Waals surface area contributed by atoms with E-state index >= 15 is 0 Å². The molecule has 0 bridgehead atoms. The summed E-state index contributed by atoms with van der Waals surface area (Å²) in [5.74, 6) is 0.678. The van der Waals surface area contributed by atoms with E-state index in [-0.39, 0.29) is 0 Å². The van der Waals surface area contributed by atoms with Crippen LogP contribution in [-0.4, -0.2) is 9.55 Å². The number of nitrogens with zero attached hydrogens (tertiary/aromatic N) is 2. The number of hydrogen-bond donors (Lipinski definition) is 1. The minimum atomic E-state index is 0.552. The molecular formula is C14H19N3. The lowest BCUT2D eigenvalue weighted by molar-refractivity contribution is 0.363. The van der Waals surface area contributed by atoms with Gasteiger partial charge in [0.05, 0.1) is 11.0 Å². The largest absolute Gasteiger partial charge is 0.369 e. The average molecular weight is 229 g/mol. The first-order chi connectivity index (χ1) is 8.25. The zero-order chi connectivity index (χ0) is 11.8. The summed E-state index contributed by atoms with van der Waals surface area (Å²) in [4.78, 5) is 4.49. The maximum atomic E-state index is 6.09. The van der Waals surface area contributed by atoms with Crippen molar-refractivity contribution in [2.45, 2.75) is 45.1 Å². The van der Waals surface area contributed by atoms with Gasteiger partial charge in [0.2, 0.25) is 5.95 Å². The zero-order valence-corrected chi connectivity index (χ0v) is 10.3. The SMILES string of the molecule is Cc1ccc2c(c1)nc(N)n2C1CCCCC1. The van der Waals surface area contributed by atoms with Crippen LogP contribution in [0.1, 0.15) is 43.7 Å². The summed E-state index contributed by atoms with van der Waals surface area (Å²) in [5, 5.41) is 0. The molecule has 0 aliphatic heterocycles. The van der Waals surface area contributed by atoms with Crippen LogP contribution in [0.15, 0.2) is 18.2 Å². The van der Waals surface area contributed by atoms with Gasteiger partial charge in [-0.05, 0) is 37.5 Å². The third kappa shape index (κ3) is 1.79. The van der Waals surface area contributed by atoms with Crippen molar-refractivity contribution in [1.29, 1.82) is 0 Å². The van der Waals surface area contributed by atoms with Gasteiger partial charge in [-0.25, -0.2) is 4.98 Å². The summed E-state index contributed by atoms with van der Waals surface area (Å²) < 4.78 is 2.24. The number of anilines is 1. The Labute approximate surface area is 102 Å². The van der Waals surface area contributed by atoms with Crippen molar-refractivity contribution in [1.82, 2.24) is 9.55 Å². The van der Waals surface area contributed by atoms with E-state index in [0.29, 0.717) is 12.0 Å². The molecule has 0 atom stereocenters. The van der Waals surface area contributed by atoms with Crippen molar-refractivity contribution in [3.05, 3.63) is 23.8 Å². The van der Waals surface area contributed by atoms with Gasteiger partial charge in [-0.3, -0.25) is 0 Å². The number of aryl methyl sites for hydroxylation is 1. The molecule has 2 aromatic rings. The van der Waals surface area contributed by atoms with Crippen LogP contribution in [0.25, 0.3) is 11.0 Å².